The van der Waals surface area contributed by atoms with Crippen LogP contribution in [-0.4, -0.2) is 31.1 Å². The van der Waals surface area contributed by atoms with Gasteiger partial charge in [-0.2, -0.15) is 0 Å². The van der Waals surface area contributed by atoms with Gasteiger partial charge in [-0.1, -0.05) is 31.0 Å². The smallest absolute Gasteiger partial charge is 0.0406 e. The first-order valence-electron chi connectivity index (χ1n) is 8.00. The molecule has 0 bridgehead atoms. The average molecular weight is 258 g/mol. The largest absolute Gasteiger partial charge is 0.384 e. The van der Waals surface area contributed by atoms with Crippen molar-refractivity contribution in [3.05, 3.63) is 29.3 Å². The molecule has 104 valence electrons. The molecule has 2 heteroatoms. The van der Waals surface area contributed by atoms with Gasteiger partial charge in [-0.15, -0.1) is 0 Å². The second kappa shape index (κ2) is 6.42. The summed E-state index contributed by atoms with van der Waals surface area (Å²) in [6.07, 6.45) is 9.42. The predicted molar refractivity (Wildman–Crippen MR) is 81.9 cm³/mol. The zero-order chi connectivity index (χ0) is 12.9. The molecule has 3 rings (SSSR count). The molecule has 1 aromatic rings. The average Bonchev–Trinajstić information content (AvgIpc) is 2.77. The number of para-hydroxylation sites is 1. The van der Waals surface area contributed by atoms with E-state index in [0.29, 0.717) is 0 Å². The summed E-state index contributed by atoms with van der Waals surface area (Å²) >= 11 is 0. The van der Waals surface area contributed by atoms with E-state index in [-0.39, 0.29) is 0 Å². The molecule has 1 aromatic carbocycles. The van der Waals surface area contributed by atoms with Gasteiger partial charge >= 0.3 is 0 Å². The molecule has 0 amide bonds. The molecule has 1 saturated heterocycles. The van der Waals surface area contributed by atoms with Crippen LogP contribution >= 0.6 is 0 Å². The van der Waals surface area contributed by atoms with E-state index in [1.54, 1.807) is 0 Å². The van der Waals surface area contributed by atoms with Crippen molar-refractivity contribution in [2.75, 3.05) is 31.5 Å². The highest BCUT2D eigenvalue weighted by molar-refractivity contribution is 5.61. The van der Waals surface area contributed by atoms with E-state index in [1.165, 1.54) is 81.4 Å². The van der Waals surface area contributed by atoms with Crippen LogP contribution in [0.5, 0.6) is 0 Å². The lowest BCUT2D eigenvalue weighted by Crippen LogP contribution is -2.26. The van der Waals surface area contributed by atoms with Crippen LogP contribution in [0.1, 0.15) is 43.2 Å². The lowest BCUT2D eigenvalue weighted by molar-refractivity contribution is 0.282. The number of likely N-dealkylation sites (tertiary alicyclic amines) is 1. The molecule has 0 unspecified atom stereocenters. The van der Waals surface area contributed by atoms with Gasteiger partial charge < -0.3 is 10.2 Å². The minimum absolute atomic E-state index is 1.12. The summed E-state index contributed by atoms with van der Waals surface area (Å²) in [4.78, 5) is 2.67. The third-order valence-electron chi connectivity index (χ3n) is 4.55. The van der Waals surface area contributed by atoms with E-state index in [2.05, 4.69) is 28.4 Å². The van der Waals surface area contributed by atoms with Crippen molar-refractivity contribution in [3.63, 3.8) is 0 Å². The van der Waals surface area contributed by atoms with Gasteiger partial charge in [0.15, 0.2) is 0 Å². The van der Waals surface area contributed by atoms with Crippen LogP contribution < -0.4 is 5.32 Å². The number of hydrogen-bond acceptors (Lipinski definition) is 2. The Hall–Kier alpha value is -1.02. The molecule has 2 aliphatic heterocycles. The Morgan fingerprint density at radius 3 is 2.74 bits per heavy atom. The molecule has 1 N–H and O–H groups in total. The number of rotatable bonds is 4. The normalized spacial score (nSPS) is 19.8. The van der Waals surface area contributed by atoms with E-state index in [0.717, 1.165) is 6.54 Å². The van der Waals surface area contributed by atoms with Crippen molar-refractivity contribution in [3.8, 4) is 0 Å². The van der Waals surface area contributed by atoms with Crippen LogP contribution in [0.4, 0.5) is 5.69 Å². The fourth-order valence-electron chi connectivity index (χ4n) is 3.47. The molecule has 2 heterocycles. The maximum absolute atomic E-state index is 3.55. The summed E-state index contributed by atoms with van der Waals surface area (Å²) in [6.45, 7) is 5.05. The predicted octanol–water partition coefficient (Wildman–Crippen LogP) is 3.46. The number of fused-ring (bicyclic) bond motifs is 1. The standard InChI is InChI=1S/C17H26N2/c1-2-4-13-19(12-3-1)14-6-9-15-7-5-8-16-10-11-18-17(15)16/h5,7-8,18H,1-4,6,9-14H2. The van der Waals surface area contributed by atoms with Crippen LogP contribution in [0.2, 0.25) is 0 Å². The molecule has 1 fully saturated rings. The number of nitrogens with one attached hydrogen (secondary N) is 1. The molecular formula is C17H26N2. The lowest BCUT2D eigenvalue weighted by Gasteiger charge is -2.19. The van der Waals surface area contributed by atoms with Gasteiger partial charge in [-0.25, -0.2) is 0 Å². The van der Waals surface area contributed by atoms with Gasteiger partial charge in [0.2, 0.25) is 0 Å². The van der Waals surface area contributed by atoms with Crippen molar-refractivity contribution in [2.24, 2.45) is 0 Å². The van der Waals surface area contributed by atoms with E-state index >= 15 is 0 Å². The molecule has 0 saturated carbocycles. The molecule has 0 radical (unpaired) electrons. The fourth-order valence-corrected chi connectivity index (χ4v) is 3.47. The van der Waals surface area contributed by atoms with Crippen LogP contribution in [-0.2, 0) is 12.8 Å². The number of benzene rings is 1. The first-order chi connectivity index (χ1) is 9.43. The van der Waals surface area contributed by atoms with E-state index in [4.69, 9.17) is 0 Å². The van der Waals surface area contributed by atoms with Gasteiger partial charge in [-0.05, 0) is 62.9 Å². The highest BCUT2D eigenvalue weighted by atomic mass is 15.1. The SMILES string of the molecule is c1cc(CCCN2CCCCCC2)c2c(c1)CCN2. The Bertz CT molecular complexity index is 406. The van der Waals surface area contributed by atoms with Crippen molar-refractivity contribution < 1.29 is 0 Å². The Balaban J connectivity index is 1.51. The number of aryl methyl sites for hydroxylation is 1. The van der Waals surface area contributed by atoms with E-state index in [1.807, 2.05) is 0 Å². The molecular weight excluding hydrogens is 232 g/mol. The molecule has 19 heavy (non-hydrogen) atoms. The summed E-state index contributed by atoms with van der Waals surface area (Å²) < 4.78 is 0. The minimum Gasteiger partial charge on any atom is -0.384 e. The van der Waals surface area contributed by atoms with Gasteiger partial charge in [0.1, 0.15) is 0 Å². The van der Waals surface area contributed by atoms with E-state index < -0.39 is 0 Å². The lowest BCUT2D eigenvalue weighted by atomic mass is 10.0. The summed E-state index contributed by atoms with van der Waals surface area (Å²) in [7, 11) is 0. The molecule has 0 spiro atoms. The Morgan fingerprint density at radius 1 is 1.05 bits per heavy atom. The van der Waals surface area contributed by atoms with E-state index in [9.17, 15) is 0 Å². The summed E-state index contributed by atoms with van der Waals surface area (Å²) in [6, 6.07) is 6.81. The summed E-state index contributed by atoms with van der Waals surface area (Å²) in [5.41, 5.74) is 4.50. The second-order valence-corrected chi connectivity index (χ2v) is 5.99. The van der Waals surface area contributed by atoms with Gasteiger partial charge in [0.25, 0.3) is 0 Å². The maximum Gasteiger partial charge on any atom is 0.0406 e. The van der Waals surface area contributed by atoms with Crippen molar-refractivity contribution in [2.45, 2.75) is 44.9 Å². The Labute approximate surface area is 117 Å². The quantitative estimate of drug-likeness (QED) is 0.889. The summed E-state index contributed by atoms with van der Waals surface area (Å²) in [5.74, 6) is 0. The summed E-state index contributed by atoms with van der Waals surface area (Å²) in [5, 5.41) is 3.55. The van der Waals surface area contributed by atoms with Crippen LogP contribution in [0, 0.1) is 0 Å². The second-order valence-electron chi connectivity index (χ2n) is 5.99. The third-order valence-corrected chi connectivity index (χ3v) is 4.55. The third kappa shape index (κ3) is 3.30. The minimum atomic E-state index is 1.12. The van der Waals surface area contributed by atoms with Crippen LogP contribution in [0.15, 0.2) is 18.2 Å². The zero-order valence-corrected chi connectivity index (χ0v) is 12.0. The van der Waals surface area contributed by atoms with Crippen LogP contribution in [0.25, 0.3) is 0 Å². The Kier molecular flexibility index (Phi) is 4.39. The molecule has 0 aromatic heterocycles. The highest BCUT2D eigenvalue weighted by Gasteiger charge is 2.14. The Morgan fingerprint density at radius 2 is 1.89 bits per heavy atom. The molecule has 2 nitrogen and oxygen atoms in total. The first kappa shape index (κ1) is 13.0. The van der Waals surface area contributed by atoms with Gasteiger partial charge in [0, 0.05) is 12.2 Å². The molecule has 0 atom stereocenters. The monoisotopic (exact) mass is 258 g/mol. The number of nitrogens with zero attached hydrogens (tertiary/aromatic N) is 1. The fraction of sp³-hybridized carbons (Fsp3) is 0.647. The van der Waals surface area contributed by atoms with Crippen molar-refractivity contribution in [1.29, 1.82) is 0 Å². The topological polar surface area (TPSA) is 15.3 Å². The van der Waals surface area contributed by atoms with Crippen molar-refractivity contribution in [1.82, 2.24) is 4.90 Å². The number of hydrogen-bond donors (Lipinski definition) is 1. The zero-order valence-electron chi connectivity index (χ0n) is 12.0. The van der Waals surface area contributed by atoms with Crippen molar-refractivity contribution >= 4 is 5.69 Å². The van der Waals surface area contributed by atoms with Gasteiger partial charge in [-0.3, -0.25) is 0 Å². The molecule has 0 aliphatic carbocycles. The maximum atomic E-state index is 3.55. The number of anilines is 1. The highest BCUT2D eigenvalue weighted by Crippen LogP contribution is 2.27. The first-order valence-corrected chi connectivity index (χ1v) is 8.00. The van der Waals surface area contributed by atoms with Crippen LogP contribution in [0.3, 0.4) is 0 Å². The van der Waals surface area contributed by atoms with Gasteiger partial charge in [0.05, 0.1) is 0 Å². The molecule has 2 aliphatic rings.